The molecule has 2 aromatic heterocycles. The van der Waals surface area contributed by atoms with Gasteiger partial charge >= 0.3 is 0 Å². The number of hydrogen-bond acceptors (Lipinski definition) is 4. The quantitative estimate of drug-likeness (QED) is 0.939. The normalized spacial score (nSPS) is 20.3. The molecule has 0 aliphatic carbocycles. The van der Waals surface area contributed by atoms with Crippen molar-refractivity contribution in [2.24, 2.45) is 0 Å². The standard InChI is InChI=1S/C15H24N6/c1-11(2)21-9-7-16-14(21)10-20-8-5-4-6-13(20)15-17-12(3)18-19-15/h7,9,11,13H,4-6,8,10H2,1-3H3,(H,17,18,19)/t13-/m1/s1. The molecule has 0 amide bonds. The van der Waals surface area contributed by atoms with Crippen molar-refractivity contribution >= 4 is 0 Å². The Kier molecular flexibility index (Phi) is 4.05. The van der Waals surface area contributed by atoms with Crippen LogP contribution in [0.15, 0.2) is 12.4 Å². The molecule has 6 nitrogen and oxygen atoms in total. The van der Waals surface area contributed by atoms with E-state index >= 15 is 0 Å². The van der Waals surface area contributed by atoms with Gasteiger partial charge in [-0.15, -0.1) is 0 Å². The summed E-state index contributed by atoms with van der Waals surface area (Å²) >= 11 is 0. The zero-order chi connectivity index (χ0) is 14.8. The number of likely N-dealkylation sites (tertiary alicyclic amines) is 1. The fraction of sp³-hybridized carbons (Fsp3) is 0.667. The summed E-state index contributed by atoms with van der Waals surface area (Å²) in [5, 5.41) is 7.34. The van der Waals surface area contributed by atoms with Crippen LogP contribution in [0.1, 0.15) is 62.7 Å². The van der Waals surface area contributed by atoms with Crippen LogP contribution in [0, 0.1) is 6.92 Å². The van der Waals surface area contributed by atoms with Crippen molar-refractivity contribution in [3.63, 3.8) is 0 Å². The third kappa shape index (κ3) is 3.00. The van der Waals surface area contributed by atoms with Gasteiger partial charge in [0.2, 0.25) is 0 Å². The van der Waals surface area contributed by atoms with Crippen molar-refractivity contribution in [2.75, 3.05) is 6.54 Å². The topological polar surface area (TPSA) is 62.6 Å². The zero-order valence-corrected chi connectivity index (χ0v) is 13.1. The van der Waals surface area contributed by atoms with Crippen LogP contribution in [-0.4, -0.2) is 36.2 Å². The van der Waals surface area contributed by atoms with E-state index in [2.05, 4.69) is 49.7 Å². The molecule has 21 heavy (non-hydrogen) atoms. The van der Waals surface area contributed by atoms with Crippen LogP contribution in [0.25, 0.3) is 0 Å². The highest BCUT2D eigenvalue weighted by Gasteiger charge is 2.28. The fourth-order valence-corrected chi connectivity index (χ4v) is 3.10. The van der Waals surface area contributed by atoms with Crippen LogP contribution in [-0.2, 0) is 6.54 Å². The van der Waals surface area contributed by atoms with Crippen molar-refractivity contribution in [3.05, 3.63) is 29.9 Å². The minimum atomic E-state index is 0.306. The number of hydrogen-bond donors (Lipinski definition) is 1. The molecule has 2 aromatic rings. The van der Waals surface area contributed by atoms with E-state index < -0.39 is 0 Å². The molecule has 1 aliphatic heterocycles. The first-order valence-corrected chi connectivity index (χ1v) is 7.80. The molecule has 0 spiro atoms. The summed E-state index contributed by atoms with van der Waals surface area (Å²) < 4.78 is 2.24. The zero-order valence-electron chi connectivity index (χ0n) is 13.1. The van der Waals surface area contributed by atoms with Gasteiger partial charge in [-0.2, -0.15) is 5.10 Å². The van der Waals surface area contributed by atoms with Gasteiger partial charge in [0, 0.05) is 18.4 Å². The smallest absolute Gasteiger partial charge is 0.167 e. The first-order valence-electron chi connectivity index (χ1n) is 7.80. The molecular weight excluding hydrogens is 264 g/mol. The predicted molar refractivity (Wildman–Crippen MR) is 80.7 cm³/mol. The highest BCUT2D eigenvalue weighted by Crippen LogP contribution is 2.30. The average molecular weight is 288 g/mol. The van der Waals surface area contributed by atoms with Crippen LogP contribution in [0.3, 0.4) is 0 Å². The molecule has 1 atom stereocenters. The maximum Gasteiger partial charge on any atom is 0.167 e. The number of piperidine rings is 1. The van der Waals surface area contributed by atoms with Crippen LogP contribution >= 0.6 is 0 Å². The molecule has 6 heteroatoms. The van der Waals surface area contributed by atoms with Crippen LogP contribution in [0.2, 0.25) is 0 Å². The number of nitrogens with zero attached hydrogens (tertiary/aromatic N) is 5. The first-order chi connectivity index (χ1) is 10.1. The number of aromatic nitrogens is 5. The van der Waals surface area contributed by atoms with E-state index in [4.69, 9.17) is 0 Å². The molecule has 1 aliphatic rings. The van der Waals surface area contributed by atoms with Crippen molar-refractivity contribution < 1.29 is 0 Å². The Balaban J connectivity index is 1.80. The summed E-state index contributed by atoms with van der Waals surface area (Å²) in [5.41, 5.74) is 0. The summed E-state index contributed by atoms with van der Waals surface area (Å²) in [7, 11) is 0. The third-order valence-electron chi connectivity index (χ3n) is 4.18. The number of rotatable bonds is 4. The Morgan fingerprint density at radius 3 is 2.95 bits per heavy atom. The Bertz CT molecular complexity index is 585. The van der Waals surface area contributed by atoms with E-state index in [1.165, 1.54) is 12.8 Å². The molecule has 0 unspecified atom stereocenters. The third-order valence-corrected chi connectivity index (χ3v) is 4.18. The van der Waals surface area contributed by atoms with E-state index in [1.54, 1.807) is 0 Å². The Hall–Kier alpha value is -1.69. The molecule has 3 heterocycles. The summed E-state index contributed by atoms with van der Waals surface area (Å²) in [4.78, 5) is 11.5. The number of imidazole rings is 1. The second-order valence-corrected chi connectivity index (χ2v) is 6.11. The van der Waals surface area contributed by atoms with Gasteiger partial charge < -0.3 is 4.57 Å². The van der Waals surface area contributed by atoms with Crippen molar-refractivity contribution in [1.82, 2.24) is 29.6 Å². The molecule has 1 N–H and O–H groups in total. The second kappa shape index (κ2) is 5.97. The van der Waals surface area contributed by atoms with Gasteiger partial charge in [-0.25, -0.2) is 9.97 Å². The highest BCUT2D eigenvalue weighted by atomic mass is 15.3. The number of nitrogens with one attached hydrogen (secondary N) is 1. The highest BCUT2D eigenvalue weighted by molar-refractivity contribution is 5.01. The molecular formula is C15H24N6. The Morgan fingerprint density at radius 2 is 2.24 bits per heavy atom. The molecule has 0 aromatic carbocycles. The Labute approximate surface area is 125 Å². The number of H-pyrrole nitrogens is 1. The first kappa shape index (κ1) is 14.3. The van der Waals surface area contributed by atoms with Crippen molar-refractivity contribution in [1.29, 1.82) is 0 Å². The minimum Gasteiger partial charge on any atom is -0.331 e. The molecule has 3 rings (SSSR count). The van der Waals surface area contributed by atoms with Gasteiger partial charge in [0.1, 0.15) is 11.6 Å². The van der Waals surface area contributed by atoms with Gasteiger partial charge in [-0.1, -0.05) is 6.42 Å². The monoisotopic (exact) mass is 288 g/mol. The van der Waals surface area contributed by atoms with Crippen LogP contribution < -0.4 is 0 Å². The molecule has 0 bridgehead atoms. The van der Waals surface area contributed by atoms with Gasteiger partial charge in [-0.05, 0) is 40.2 Å². The number of aromatic amines is 1. The lowest BCUT2D eigenvalue weighted by Crippen LogP contribution is -2.34. The SMILES string of the molecule is Cc1nc([C@H]2CCCCN2Cc2nccn2C(C)C)n[nH]1. The molecule has 0 saturated carbocycles. The van der Waals surface area contributed by atoms with E-state index in [0.29, 0.717) is 12.1 Å². The summed E-state index contributed by atoms with van der Waals surface area (Å²) in [5.74, 6) is 2.94. The fourth-order valence-electron chi connectivity index (χ4n) is 3.10. The minimum absolute atomic E-state index is 0.306. The van der Waals surface area contributed by atoms with Crippen LogP contribution in [0.5, 0.6) is 0 Å². The van der Waals surface area contributed by atoms with E-state index in [9.17, 15) is 0 Å². The maximum atomic E-state index is 4.54. The summed E-state index contributed by atoms with van der Waals surface area (Å²) in [6.07, 6.45) is 7.57. The van der Waals surface area contributed by atoms with E-state index in [0.717, 1.165) is 37.0 Å². The molecule has 114 valence electrons. The van der Waals surface area contributed by atoms with Gasteiger partial charge in [0.15, 0.2) is 5.82 Å². The van der Waals surface area contributed by atoms with Gasteiger partial charge in [-0.3, -0.25) is 10.00 Å². The van der Waals surface area contributed by atoms with Crippen molar-refractivity contribution in [2.45, 2.75) is 58.7 Å². The molecule has 1 fully saturated rings. The van der Waals surface area contributed by atoms with Gasteiger partial charge in [0.05, 0.1) is 12.6 Å². The second-order valence-electron chi connectivity index (χ2n) is 6.11. The van der Waals surface area contributed by atoms with E-state index in [1.807, 2.05) is 13.1 Å². The lowest BCUT2D eigenvalue weighted by atomic mass is 10.0. The number of aryl methyl sites for hydroxylation is 1. The maximum absolute atomic E-state index is 4.54. The van der Waals surface area contributed by atoms with E-state index in [-0.39, 0.29) is 0 Å². The average Bonchev–Trinajstić information content (AvgIpc) is 3.08. The van der Waals surface area contributed by atoms with Crippen LogP contribution in [0.4, 0.5) is 0 Å². The molecule has 0 radical (unpaired) electrons. The van der Waals surface area contributed by atoms with Crippen molar-refractivity contribution in [3.8, 4) is 0 Å². The predicted octanol–water partition coefficient (Wildman–Crippen LogP) is 2.62. The lowest BCUT2D eigenvalue weighted by Gasteiger charge is -2.33. The summed E-state index contributed by atoms with van der Waals surface area (Å²) in [6.45, 7) is 8.29. The summed E-state index contributed by atoms with van der Waals surface area (Å²) in [6, 6.07) is 0.748. The Morgan fingerprint density at radius 1 is 1.38 bits per heavy atom. The molecule has 1 saturated heterocycles. The van der Waals surface area contributed by atoms with Gasteiger partial charge in [0.25, 0.3) is 0 Å². The largest absolute Gasteiger partial charge is 0.331 e. The lowest BCUT2D eigenvalue weighted by molar-refractivity contribution is 0.128.